The third kappa shape index (κ3) is 6.46. The fourth-order valence-electron chi connectivity index (χ4n) is 6.09. The maximum Gasteiger partial charge on any atom is 0.331 e. The second-order valence-electron chi connectivity index (χ2n) is 11.6. The zero-order chi connectivity index (χ0) is 32.5. The molecule has 0 aliphatic carbocycles. The van der Waals surface area contributed by atoms with Crippen LogP contribution in [0.2, 0.25) is 10.0 Å². The third-order valence-electron chi connectivity index (χ3n) is 8.67. The zero-order valence-electron chi connectivity index (χ0n) is 25.7. The van der Waals surface area contributed by atoms with Crippen molar-refractivity contribution in [2.24, 2.45) is 0 Å². The van der Waals surface area contributed by atoms with Crippen molar-refractivity contribution >= 4 is 52.2 Å². The smallest absolute Gasteiger partial charge is 0.331 e. The predicted octanol–water partition coefficient (Wildman–Crippen LogP) is 4.66. The quantitative estimate of drug-likeness (QED) is 0.234. The first-order valence-corrected chi connectivity index (χ1v) is 16.0. The van der Waals surface area contributed by atoms with Crippen molar-refractivity contribution in [3.63, 3.8) is 0 Å². The second kappa shape index (κ2) is 13.0. The number of benzene rings is 3. The lowest BCUT2D eigenvalue weighted by molar-refractivity contribution is -0.190. The number of hydrogen-bond donors (Lipinski definition) is 0. The molecule has 0 saturated carbocycles. The van der Waals surface area contributed by atoms with Crippen molar-refractivity contribution in [3.8, 4) is 5.75 Å². The molecule has 1 aromatic heterocycles. The predicted molar refractivity (Wildman–Crippen MR) is 177 cm³/mol. The Morgan fingerprint density at radius 1 is 0.915 bits per heavy atom. The number of carbonyl (C=O) groups is 2. The summed E-state index contributed by atoms with van der Waals surface area (Å²) in [5.41, 5.74) is 3.59. The molecule has 3 amide bonds. The highest BCUT2D eigenvalue weighted by Gasteiger charge is 2.45. The summed E-state index contributed by atoms with van der Waals surface area (Å²) < 4.78 is 20.5. The van der Waals surface area contributed by atoms with Crippen molar-refractivity contribution in [1.29, 1.82) is 0 Å². The molecule has 3 aromatic carbocycles. The first kappa shape index (κ1) is 31.3. The van der Waals surface area contributed by atoms with Gasteiger partial charge in [-0.1, -0.05) is 29.3 Å². The van der Waals surface area contributed by atoms with Gasteiger partial charge < -0.3 is 24.0 Å². The molecule has 2 atom stereocenters. The van der Waals surface area contributed by atoms with Crippen molar-refractivity contribution in [1.82, 2.24) is 19.7 Å². The SMILES string of the molecule is CN1C(=O)CN(c2ccc(N3CCN(c4ccc(OCC5COC(Cn6cncn6)(c6ccc(Cl)cc6Cl)O5)cc4)CC3)cc2)C1=O. The number of piperazine rings is 1. The van der Waals surface area contributed by atoms with E-state index in [-0.39, 0.29) is 31.1 Å². The van der Waals surface area contributed by atoms with E-state index in [4.69, 9.17) is 37.4 Å². The van der Waals surface area contributed by atoms with Gasteiger partial charge in [-0.05, 0) is 60.7 Å². The van der Waals surface area contributed by atoms with E-state index in [1.165, 1.54) is 18.3 Å². The summed E-state index contributed by atoms with van der Waals surface area (Å²) in [6, 6.07) is 20.8. The number of hydrogen-bond acceptors (Lipinski definition) is 9. The number of halogens is 2. The number of amides is 3. The van der Waals surface area contributed by atoms with Gasteiger partial charge in [0.2, 0.25) is 11.7 Å². The van der Waals surface area contributed by atoms with Gasteiger partial charge in [-0.3, -0.25) is 14.6 Å². The normalized spacial score (nSPS) is 21.6. The summed E-state index contributed by atoms with van der Waals surface area (Å²) in [4.78, 5) is 35.6. The van der Waals surface area contributed by atoms with Crippen LogP contribution >= 0.6 is 23.2 Å². The van der Waals surface area contributed by atoms with E-state index in [0.717, 1.165) is 53.9 Å². The number of imide groups is 1. The van der Waals surface area contributed by atoms with Gasteiger partial charge in [0, 0.05) is 60.9 Å². The summed E-state index contributed by atoms with van der Waals surface area (Å²) in [5, 5.41) is 5.18. The molecule has 3 saturated heterocycles. The molecular formula is C33H33Cl2N7O5. The number of carbonyl (C=O) groups excluding carboxylic acids is 2. The number of aromatic nitrogens is 3. The van der Waals surface area contributed by atoms with Gasteiger partial charge in [0.05, 0.1) is 11.6 Å². The van der Waals surface area contributed by atoms with E-state index in [0.29, 0.717) is 28.8 Å². The third-order valence-corrected chi connectivity index (χ3v) is 9.21. The minimum atomic E-state index is -1.16. The van der Waals surface area contributed by atoms with Gasteiger partial charge >= 0.3 is 6.03 Å². The van der Waals surface area contributed by atoms with Gasteiger partial charge in [-0.15, -0.1) is 0 Å². The molecule has 47 heavy (non-hydrogen) atoms. The Bertz CT molecular complexity index is 1730. The van der Waals surface area contributed by atoms with Crippen LogP contribution in [-0.4, -0.2) is 90.7 Å². The summed E-state index contributed by atoms with van der Waals surface area (Å²) in [7, 11) is 1.51. The maximum absolute atomic E-state index is 12.3. The minimum absolute atomic E-state index is 0.0746. The molecule has 0 N–H and O–H groups in total. The van der Waals surface area contributed by atoms with E-state index in [9.17, 15) is 9.59 Å². The Kier molecular flexibility index (Phi) is 8.67. The number of nitrogens with zero attached hydrogens (tertiary/aromatic N) is 7. The Hall–Kier alpha value is -4.36. The molecule has 0 bridgehead atoms. The first-order valence-electron chi connectivity index (χ1n) is 15.3. The molecule has 12 nitrogen and oxygen atoms in total. The van der Waals surface area contributed by atoms with E-state index in [1.807, 2.05) is 36.4 Å². The number of likely N-dealkylation sites (N-methyl/N-ethyl adjacent to an activating group) is 1. The Morgan fingerprint density at radius 2 is 1.57 bits per heavy atom. The Morgan fingerprint density at radius 3 is 2.17 bits per heavy atom. The van der Waals surface area contributed by atoms with Crippen molar-refractivity contribution in [2.75, 3.05) is 67.7 Å². The minimum Gasteiger partial charge on any atom is -0.491 e. The van der Waals surface area contributed by atoms with Crippen molar-refractivity contribution in [3.05, 3.63) is 95.0 Å². The summed E-state index contributed by atoms with van der Waals surface area (Å²) >= 11 is 12.7. The lowest BCUT2D eigenvalue weighted by Gasteiger charge is -2.37. The number of rotatable bonds is 9. The molecule has 3 aliphatic heterocycles. The Labute approximate surface area is 281 Å². The maximum atomic E-state index is 12.3. The van der Waals surface area contributed by atoms with Crippen LogP contribution in [-0.2, 0) is 26.6 Å². The molecule has 14 heteroatoms. The van der Waals surface area contributed by atoms with Crippen molar-refractivity contribution in [2.45, 2.75) is 18.4 Å². The molecule has 244 valence electrons. The van der Waals surface area contributed by atoms with E-state index in [1.54, 1.807) is 29.2 Å². The Balaban J connectivity index is 0.923. The number of ether oxygens (including phenoxy) is 3. The van der Waals surface area contributed by atoms with Gasteiger partial charge in [0.1, 0.15) is 44.2 Å². The molecule has 0 spiro atoms. The van der Waals surface area contributed by atoms with Gasteiger partial charge in [-0.2, -0.15) is 5.10 Å². The highest BCUT2D eigenvalue weighted by atomic mass is 35.5. The fraction of sp³-hybridized carbons (Fsp3) is 0.333. The van der Waals surface area contributed by atoms with E-state index >= 15 is 0 Å². The lowest BCUT2D eigenvalue weighted by atomic mass is 10.1. The van der Waals surface area contributed by atoms with Gasteiger partial charge in [-0.25, -0.2) is 14.5 Å². The fourth-order valence-corrected chi connectivity index (χ4v) is 6.64. The topological polar surface area (TPSA) is 106 Å². The van der Waals surface area contributed by atoms with E-state index < -0.39 is 5.79 Å². The average molecular weight is 679 g/mol. The van der Waals surface area contributed by atoms with Crippen LogP contribution < -0.4 is 19.4 Å². The summed E-state index contributed by atoms with van der Waals surface area (Å²) in [6.07, 6.45) is 2.72. The molecule has 3 fully saturated rings. The monoisotopic (exact) mass is 677 g/mol. The molecule has 4 heterocycles. The summed E-state index contributed by atoms with van der Waals surface area (Å²) in [6.45, 7) is 4.37. The number of urea groups is 1. The highest BCUT2D eigenvalue weighted by Crippen LogP contribution is 2.40. The van der Waals surface area contributed by atoms with Crippen LogP contribution in [0.4, 0.5) is 21.9 Å². The average Bonchev–Trinajstić information content (AvgIpc) is 3.82. The van der Waals surface area contributed by atoms with Crippen LogP contribution in [0.25, 0.3) is 0 Å². The first-order chi connectivity index (χ1) is 22.8. The summed E-state index contributed by atoms with van der Waals surface area (Å²) in [5.74, 6) is -0.629. The van der Waals surface area contributed by atoms with Gasteiger partial charge in [0.15, 0.2) is 0 Å². The van der Waals surface area contributed by atoms with E-state index in [2.05, 4.69) is 32.0 Å². The molecule has 0 radical (unpaired) electrons. The second-order valence-corrected chi connectivity index (χ2v) is 12.5. The number of anilines is 3. The molecule has 2 unspecified atom stereocenters. The highest BCUT2D eigenvalue weighted by molar-refractivity contribution is 6.35. The van der Waals surface area contributed by atoms with Crippen LogP contribution in [0, 0.1) is 0 Å². The molecule has 3 aliphatic rings. The van der Waals surface area contributed by atoms with Crippen molar-refractivity contribution < 1.29 is 23.8 Å². The lowest BCUT2D eigenvalue weighted by Crippen LogP contribution is -2.46. The van der Waals surface area contributed by atoms with Gasteiger partial charge in [0.25, 0.3) is 0 Å². The van der Waals surface area contributed by atoms with Crippen LogP contribution in [0.3, 0.4) is 0 Å². The molecule has 4 aromatic rings. The van der Waals surface area contributed by atoms with Crippen LogP contribution in [0.1, 0.15) is 5.56 Å². The van der Waals surface area contributed by atoms with Crippen LogP contribution in [0.5, 0.6) is 5.75 Å². The molecular weight excluding hydrogens is 645 g/mol. The standard InChI is InChI=1S/C33H33Cl2N7O5/c1-38-31(43)17-42(32(38)44)26-5-3-24(4-6-26)39-12-14-40(15-13-39)25-7-9-27(10-8-25)45-18-28-19-46-33(47-28,20-41-22-36-21-37-41)29-11-2-23(34)16-30(29)35/h2-11,16,21-22,28H,12-15,17-20H2,1H3. The largest absolute Gasteiger partial charge is 0.491 e. The zero-order valence-corrected chi connectivity index (χ0v) is 27.2. The van der Waals surface area contributed by atoms with Crippen LogP contribution in [0.15, 0.2) is 79.4 Å². The molecule has 7 rings (SSSR count).